The molecule has 0 unspecified atom stereocenters. The topological polar surface area (TPSA) is 97.1 Å². The molecule has 2 aromatic rings. The Hall–Kier alpha value is -2.35. The van der Waals surface area contributed by atoms with Gasteiger partial charge in [-0.1, -0.05) is 42.1 Å². The van der Waals surface area contributed by atoms with E-state index in [-0.39, 0.29) is 0 Å². The number of thioether (sulfide) groups is 1. The van der Waals surface area contributed by atoms with Crippen LogP contribution in [0.4, 0.5) is 4.79 Å². The van der Waals surface area contributed by atoms with Crippen LogP contribution < -0.4 is 10.6 Å². The maximum absolute atomic E-state index is 12.1. The smallest absolute Gasteiger partial charge is 0.321 e. The van der Waals surface area contributed by atoms with Crippen molar-refractivity contribution < 1.29 is 14.0 Å². The summed E-state index contributed by atoms with van der Waals surface area (Å²) in [7, 11) is 0. The van der Waals surface area contributed by atoms with Crippen LogP contribution in [0.15, 0.2) is 40.0 Å². The van der Waals surface area contributed by atoms with Crippen molar-refractivity contribution >= 4 is 23.7 Å². The number of aromatic nitrogens is 2. The predicted octanol–water partition coefficient (Wildman–Crippen LogP) is 2.77. The summed E-state index contributed by atoms with van der Waals surface area (Å²) in [5, 5.41) is 12.6. The zero-order chi connectivity index (χ0) is 18.4. The third-order valence-corrected chi connectivity index (χ3v) is 3.95. The Labute approximate surface area is 151 Å². The molecule has 2 rings (SSSR count). The van der Waals surface area contributed by atoms with Crippen molar-refractivity contribution in [1.82, 2.24) is 20.8 Å². The maximum Gasteiger partial charge on any atom is 0.321 e. The normalized spacial score (nSPS) is 12.5. The highest BCUT2D eigenvalue weighted by Gasteiger charge is 2.22. The molecule has 0 saturated carbocycles. The number of benzene rings is 1. The van der Waals surface area contributed by atoms with Crippen molar-refractivity contribution in [3.05, 3.63) is 41.8 Å². The quantitative estimate of drug-likeness (QED) is 0.794. The van der Waals surface area contributed by atoms with E-state index in [4.69, 9.17) is 4.42 Å². The molecule has 3 amide bonds. The number of urea groups is 1. The second-order valence-corrected chi connectivity index (χ2v) is 7.87. The molecule has 25 heavy (non-hydrogen) atoms. The first-order valence-electron chi connectivity index (χ1n) is 7.89. The summed E-state index contributed by atoms with van der Waals surface area (Å²) < 4.78 is 5.55. The molecular formula is C17H22N4O3S. The number of hydrogen-bond acceptors (Lipinski definition) is 6. The standard InChI is InChI=1S/C17H22N4O3S/c1-11(14(22)18-15(23)19-17(2,3)4)25-16-21-20-13(24-16)10-12-8-6-5-7-9-12/h5-9,11H,10H2,1-4H3,(H2,18,19,22,23)/t11-/m1/s1. The number of amides is 3. The van der Waals surface area contributed by atoms with Crippen LogP contribution >= 0.6 is 11.8 Å². The average Bonchev–Trinajstić information content (AvgIpc) is 2.93. The minimum atomic E-state index is -0.546. The van der Waals surface area contributed by atoms with Crippen LogP contribution in [0.2, 0.25) is 0 Å². The van der Waals surface area contributed by atoms with Crippen LogP contribution in [-0.2, 0) is 11.2 Å². The first-order valence-corrected chi connectivity index (χ1v) is 8.77. The van der Waals surface area contributed by atoms with Crippen LogP contribution in [-0.4, -0.2) is 32.9 Å². The molecule has 1 heterocycles. The lowest BCUT2D eigenvalue weighted by molar-refractivity contribution is -0.119. The summed E-state index contributed by atoms with van der Waals surface area (Å²) in [6.07, 6.45) is 0.531. The molecule has 0 aliphatic rings. The van der Waals surface area contributed by atoms with Crippen LogP contribution in [0.25, 0.3) is 0 Å². The molecule has 0 spiro atoms. The summed E-state index contributed by atoms with van der Waals surface area (Å²) in [4.78, 5) is 23.8. The van der Waals surface area contributed by atoms with E-state index in [1.807, 2.05) is 51.1 Å². The van der Waals surface area contributed by atoms with Crippen LogP contribution in [0.5, 0.6) is 0 Å². The lowest BCUT2D eigenvalue weighted by atomic mass is 10.1. The Balaban J connectivity index is 1.87. The minimum Gasteiger partial charge on any atom is -0.416 e. The first-order chi connectivity index (χ1) is 11.7. The Bertz CT molecular complexity index is 725. The Kier molecular flexibility index (Phi) is 6.19. The molecule has 0 bridgehead atoms. The van der Waals surface area contributed by atoms with Gasteiger partial charge in [0.15, 0.2) is 0 Å². The van der Waals surface area contributed by atoms with Crippen LogP contribution in [0.3, 0.4) is 0 Å². The number of imide groups is 1. The molecule has 0 aliphatic carbocycles. The third-order valence-electron chi connectivity index (χ3n) is 3.02. The molecule has 2 N–H and O–H groups in total. The van der Waals surface area contributed by atoms with E-state index in [1.54, 1.807) is 6.92 Å². The first kappa shape index (κ1) is 19.0. The highest BCUT2D eigenvalue weighted by Crippen LogP contribution is 2.22. The SMILES string of the molecule is C[C@@H](Sc1nnc(Cc2ccccc2)o1)C(=O)NC(=O)NC(C)(C)C. The van der Waals surface area contributed by atoms with E-state index >= 15 is 0 Å². The van der Waals surface area contributed by atoms with Gasteiger partial charge in [-0.15, -0.1) is 10.2 Å². The minimum absolute atomic E-state index is 0.296. The van der Waals surface area contributed by atoms with E-state index in [9.17, 15) is 9.59 Å². The fourth-order valence-electron chi connectivity index (χ4n) is 1.92. The molecule has 1 aromatic heterocycles. The molecule has 1 aromatic carbocycles. The lowest BCUT2D eigenvalue weighted by Crippen LogP contribution is -2.49. The van der Waals surface area contributed by atoms with Gasteiger partial charge in [-0.2, -0.15) is 0 Å². The summed E-state index contributed by atoms with van der Waals surface area (Å²) >= 11 is 1.11. The van der Waals surface area contributed by atoms with Crippen molar-refractivity contribution in [2.45, 2.75) is 50.1 Å². The third kappa shape index (κ3) is 6.58. The number of rotatable bonds is 5. The molecule has 0 radical (unpaired) electrons. The van der Waals surface area contributed by atoms with Gasteiger partial charge in [0.1, 0.15) is 0 Å². The van der Waals surface area contributed by atoms with E-state index in [2.05, 4.69) is 20.8 Å². The number of nitrogens with one attached hydrogen (secondary N) is 2. The Morgan fingerprint density at radius 3 is 2.52 bits per heavy atom. The maximum atomic E-state index is 12.1. The van der Waals surface area contributed by atoms with Gasteiger partial charge in [-0.05, 0) is 33.3 Å². The predicted molar refractivity (Wildman–Crippen MR) is 95.3 cm³/mol. The number of carbonyl (C=O) groups is 2. The van der Waals surface area contributed by atoms with Crippen molar-refractivity contribution in [1.29, 1.82) is 0 Å². The summed E-state index contributed by atoms with van der Waals surface area (Å²) in [5.74, 6) is 0.0568. The molecule has 0 fully saturated rings. The fraction of sp³-hybridized carbons (Fsp3) is 0.412. The van der Waals surface area contributed by atoms with Gasteiger partial charge in [0.2, 0.25) is 11.8 Å². The van der Waals surface area contributed by atoms with E-state index in [0.717, 1.165) is 17.3 Å². The Morgan fingerprint density at radius 1 is 1.20 bits per heavy atom. The molecule has 0 aliphatic heterocycles. The van der Waals surface area contributed by atoms with Gasteiger partial charge in [-0.3, -0.25) is 10.1 Å². The van der Waals surface area contributed by atoms with Gasteiger partial charge in [0.05, 0.1) is 11.7 Å². The Morgan fingerprint density at radius 2 is 1.88 bits per heavy atom. The van der Waals surface area contributed by atoms with Crippen molar-refractivity contribution in [2.24, 2.45) is 0 Å². The number of nitrogens with zero attached hydrogens (tertiary/aromatic N) is 2. The zero-order valence-electron chi connectivity index (χ0n) is 14.7. The van der Waals surface area contributed by atoms with E-state index < -0.39 is 22.7 Å². The highest BCUT2D eigenvalue weighted by molar-refractivity contribution is 8.00. The van der Waals surface area contributed by atoms with E-state index in [0.29, 0.717) is 17.5 Å². The van der Waals surface area contributed by atoms with Crippen LogP contribution in [0.1, 0.15) is 39.1 Å². The van der Waals surface area contributed by atoms with Gasteiger partial charge in [-0.25, -0.2) is 4.79 Å². The second-order valence-electron chi connectivity index (χ2n) is 6.58. The highest BCUT2D eigenvalue weighted by atomic mass is 32.2. The fourth-order valence-corrected chi connectivity index (χ4v) is 2.62. The zero-order valence-corrected chi connectivity index (χ0v) is 15.5. The summed E-state index contributed by atoms with van der Waals surface area (Å²) in [6.45, 7) is 7.18. The summed E-state index contributed by atoms with van der Waals surface area (Å²) in [5.41, 5.74) is 0.645. The lowest BCUT2D eigenvalue weighted by Gasteiger charge is -2.20. The van der Waals surface area contributed by atoms with Crippen molar-refractivity contribution in [3.8, 4) is 0 Å². The molecule has 8 heteroatoms. The molecule has 7 nitrogen and oxygen atoms in total. The summed E-state index contributed by atoms with van der Waals surface area (Å²) in [6, 6.07) is 9.24. The van der Waals surface area contributed by atoms with Crippen molar-refractivity contribution in [2.75, 3.05) is 0 Å². The number of hydrogen-bond donors (Lipinski definition) is 2. The van der Waals surface area contributed by atoms with Gasteiger partial charge in [0.25, 0.3) is 5.22 Å². The van der Waals surface area contributed by atoms with Gasteiger partial charge >= 0.3 is 6.03 Å². The molecular weight excluding hydrogens is 340 g/mol. The molecule has 0 saturated heterocycles. The second kappa shape index (κ2) is 8.15. The average molecular weight is 362 g/mol. The number of carbonyl (C=O) groups excluding carboxylic acids is 2. The largest absolute Gasteiger partial charge is 0.416 e. The van der Waals surface area contributed by atoms with Gasteiger partial charge in [0, 0.05) is 5.54 Å². The molecule has 134 valence electrons. The monoisotopic (exact) mass is 362 g/mol. The van der Waals surface area contributed by atoms with Crippen molar-refractivity contribution in [3.63, 3.8) is 0 Å². The molecule has 1 atom stereocenters. The van der Waals surface area contributed by atoms with E-state index in [1.165, 1.54) is 0 Å². The van der Waals surface area contributed by atoms with Crippen LogP contribution in [0, 0.1) is 0 Å². The van der Waals surface area contributed by atoms with Gasteiger partial charge < -0.3 is 9.73 Å².